The number of nitrogens with zero attached hydrogens (tertiary/aromatic N) is 3. The first-order valence-corrected chi connectivity index (χ1v) is 12.5. The number of urea groups is 1. The third-order valence-electron chi connectivity index (χ3n) is 4.70. The first-order valence-electron chi connectivity index (χ1n) is 10.5. The van der Waals surface area contributed by atoms with Gasteiger partial charge >= 0.3 is 6.03 Å². The van der Waals surface area contributed by atoms with Crippen molar-refractivity contribution in [2.24, 2.45) is 0 Å². The molecule has 0 spiro atoms. The zero-order chi connectivity index (χ0) is 23.8. The largest absolute Gasteiger partial charge is 0.378 e. The van der Waals surface area contributed by atoms with Gasteiger partial charge in [-0.2, -0.15) is 0 Å². The molecule has 0 bridgehead atoms. The number of carbonyl (C=O) groups excluding carboxylic acids is 2. The van der Waals surface area contributed by atoms with Gasteiger partial charge in [-0.25, -0.2) is 23.2 Å². The Hall–Kier alpha value is -3.25. The highest BCUT2D eigenvalue weighted by atomic mass is 32.2. The van der Waals surface area contributed by atoms with Crippen LogP contribution in [0.25, 0.3) is 11.4 Å². The Kier molecular flexibility index (Phi) is 8.17. The number of rotatable bonds is 8. The Bertz CT molecular complexity index is 1080. The predicted molar refractivity (Wildman–Crippen MR) is 125 cm³/mol. The Morgan fingerprint density at radius 3 is 2.36 bits per heavy atom. The maximum Gasteiger partial charge on any atom is 0.319 e. The summed E-state index contributed by atoms with van der Waals surface area (Å²) < 4.78 is 29.1. The molecule has 0 atom stereocenters. The maximum atomic E-state index is 12.0. The minimum atomic E-state index is -3.27. The van der Waals surface area contributed by atoms with Gasteiger partial charge in [-0.05, 0) is 24.3 Å². The van der Waals surface area contributed by atoms with Crippen molar-refractivity contribution in [1.29, 1.82) is 0 Å². The first kappa shape index (κ1) is 24.4. The van der Waals surface area contributed by atoms with Crippen LogP contribution in [0, 0.1) is 0 Å². The zero-order valence-electron chi connectivity index (χ0n) is 18.6. The minimum Gasteiger partial charge on any atom is -0.378 e. The number of sulfone groups is 1. The van der Waals surface area contributed by atoms with Gasteiger partial charge in [-0.1, -0.05) is 0 Å². The Labute approximate surface area is 192 Å². The van der Waals surface area contributed by atoms with E-state index in [-0.39, 0.29) is 11.7 Å². The van der Waals surface area contributed by atoms with E-state index >= 15 is 0 Å². The summed E-state index contributed by atoms with van der Waals surface area (Å²) in [5.74, 6) is 0.720. The fourth-order valence-corrected chi connectivity index (χ4v) is 3.89. The van der Waals surface area contributed by atoms with E-state index in [9.17, 15) is 18.0 Å². The monoisotopic (exact) mass is 476 g/mol. The third kappa shape index (κ3) is 7.99. The van der Waals surface area contributed by atoms with Gasteiger partial charge in [0, 0.05) is 56.7 Å². The molecule has 1 fully saturated rings. The van der Waals surface area contributed by atoms with Gasteiger partial charge in [0.1, 0.15) is 5.82 Å². The van der Waals surface area contributed by atoms with Gasteiger partial charge in [0.05, 0.1) is 24.7 Å². The van der Waals surface area contributed by atoms with Crippen LogP contribution in [0.15, 0.2) is 30.3 Å². The number of morpholine rings is 1. The summed E-state index contributed by atoms with van der Waals surface area (Å²) in [6.07, 6.45) is 1.17. The van der Waals surface area contributed by atoms with E-state index in [1.54, 1.807) is 30.3 Å². The number of benzene rings is 1. The number of hydrogen-bond acceptors (Lipinski definition) is 8. The van der Waals surface area contributed by atoms with E-state index in [1.165, 1.54) is 13.2 Å². The summed E-state index contributed by atoms with van der Waals surface area (Å²) in [6.45, 7) is 4.53. The fourth-order valence-electron chi connectivity index (χ4n) is 3.20. The molecule has 2 aromatic rings. The van der Waals surface area contributed by atoms with Crippen molar-refractivity contribution in [3.05, 3.63) is 36.0 Å². The van der Waals surface area contributed by atoms with Crippen LogP contribution in [0.2, 0.25) is 0 Å². The lowest BCUT2D eigenvalue weighted by Crippen LogP contribution is -2.37. The predicted octanol–water partition coefficient (Wildman–Crippen LogP) is 0.782. The van der Waals surface area contributed by atoms with E-state index in [2.05, 4.69) is 25.9 Å². The van der Waals surface area contributed by atoms with Crippen LogP contribution < -0.4 is 20.9 Å². The molecule has 3 N–H and O–H groups in total. The summed E-state index contributed by atoms with van der Waals surface area (Å²) in [7, 11) is -3.27. The molecule has 1 saturated heterocycles. The first-order chi connectivity index (χ1) is 15.7. The number of aromatic nitrogens is 2. The zero-order valence-corrected chi connectivity index (χ0v) is 19.4. The SMILES string of the molecule is CC(=O)NCCNC(=O)Nc1ccc(-c2nc(CS(C)(=O)=O)cc(N3CCOCC3)n2)cc1. The van der Waals surface area contributed by atoms with Crippen LogP contribution in [0.5, 0.6) is 0 Å². The highest BCUT2D eigenvalue weighted by Gasteiger charge is 2.17. The molecule has 0 unspecified atom stereocenters. The molecular formula is C21H28N6O5S. The summed E-state index contributed by atoms with van der Waals surface area (Å²) in [5, 5.41) is 7.95. The normalized spacial score (nSPS) is 13.9. The third-order valence-corrected chi connectivity index (χ3v) is 5.52. The number of nitrogens with one attached hydrogen (secondary N) is 3. The molecule has 11 nitrogen and oxygen atoms in total. The van der Waals surface area contributed by atoms with Crippen molar-refractivity contribution in [3.63, 3.8) is 0 Å². The van der Waals surface area contributed by atoms with Crippen LogP contribution in [0.1, 0.15) is 12.6 Å². The van der Waals surface area contributed by atoms with Gasteiger partial charge < -0.3 is 25.6 Å². The van der Waals surface area contributed by atoms with Crippen molar-refractivity contribution in [2.75, 3.05) is 55.9 Å². The number of anilines is 2. The average Bonchev–Trinajstić information content (AvgIpc) is 2.76. The fraction of sp³-hybridized carbons (Fsp3) is 0.429. The lowest BCUT2D eigenvalue weighted by atomic mass is 10.2. The highest BCUT2D eigenvalue weighted by molar-refractivity contribution is 7.89. The van der Waals surface area contributed by atoms with Gasteiger partial charge in [-0.3, -0.25) is 4.79 Å². The van der Waals surface area contributed by atoms with E-state index in [0.29, 0.717) is 68.0 Å². The molecule has 33 heavy (non-hydrogen) atoms. The van der Waals surface area contributed by atoms with Crippen molar-refractivity contribution in [2.45, 2.75) is 12.7 Å². The van der Waals surface area contributed by atoms with Crippen LogP contribution in [-0.2, 0) is 25.1 Å². The number of amides is 3. The molecule has 3 amide bonds. The number of carbonyl (C=O) groups is 2. The Morgan fingerprint density at radius 2 is 1.73 bits per heavy atom. The van der Waals surface area contributed by atoms with E-state index in [1.807, 2.05) is 4.90 Å². The van der Waals surface area contributed by atoms with Gasteiger partial charge in [0.15, 0.2) is 15.7 Å². The standard InChI is InChI=1S/C21H28N6O5S/c1-15(28)22-7-8-23-21(29)25-17-5-3-16(4-6-17)20-24-18(14-33(2,30)31)13-19(26-20)27-9-11-32-12-10-27/h3-6,13H,7-12,14H2,1-2H3,(H,22,28)(H2,23,25,29). The quantitative estimate of drug-likeness (QED) is 0.475. The smallest absolute Gasteiger partial charge is 0.319 e. The van der Waals surface area contributed by atoms with E-state index < -0.39 is 15.9 Å². The second kappa shape index (κ2) is 11.1. The molecule has 3 rings (SSSR count). The van der Waals surface area contributed by atoms with E-state index in [0.717, 1.165) is 0 Å². The second-order valence-electron chi connectivity index (χ2n) is 7.65. The van der Waals surface area contributed by atoms with Crippen molar-refractivity contribution < 1.29 is 22.7 Å². The molecule has 1 aromatic heterocycles. The minimum absolute atomic E-state index is 0.160. The highest BCUT2D eigenvalue weighted by Crippen LogP contribution is 2.23. The van der Waals surface area contributed by atoms with Crippen LogP contribution in [0.3, 0.4) is 0 Å². The van der Waals surface area contributed by atoms with Crippen molar-refractivity contribution in [3.8, 4) is 11.4 Å². The Morgan fingerprint density at radius 1 is 1.06 bits per heavy atom. The number of ether oxygens (including phenoxy) is 1. The molecule has 0 radical (unpaired) electrons. The Balaban J connectivity index is 1.73. The molecule has 0 saturated carbocycles. The average molecular weight is 477 g/mol. The maximum absolute atomic E-state index is 12.0. The van der Waals surface area contributed by atoms with Gasteiger partial charge in [-0.15, -0.1) is 0 Å². The van der Waals surface area contributed by atoms with Crippen molar-refractivity contribution in [1.82, 2.24) is 20.6 Å². The lowest BCUT2D eigenvalue weighted by Gasteiger charge is -2.28. The molecule has 1 aliphatic heterocycles. The van der Waals surface area contributed by atoms with Gasteiger partial charge in [0.25, 0.3) is 0 Å². The molecular weight excluding hydrogens is 448 g/mol. The molecule has 2 heterocycles. The summed E-state index contributed by atoms with van der Waals surface area (Å²) in [6, 6.07) is 8.25. The lowest BCUT2D eigenvalue weighted by molar-refractivity contribution is -0.118. The number of hydrogen-bond donors (Lipinski definition) is 3. The topological polar surface area (TPSA) is 143 Å². The molecule has 12 heteroatoms. The summed E-state index contributed by atoms with van der Waals surface area (Å²) >= 11 is 0. The van der Waals surface area contributed by atoms with E-state index in [4.69, 9.17) is 4.74 Å². The summed E-state index contributed by atoms with van der Waals surface area (Å²) in [5.41, 5.74) is 1.68. The molecule has 1 aromatic carbocycles. The summed E-state index contributed by atoms with van der Waals surface area (Å²) in [4.78, 5) is 34.0. The molecule has 178 valence electrons. The van der Waals surface area contributed by atoms with Crippen LogP contribution >= 0.6 is 0 Å². The molecule has 1 aliphatic rings. The molecule has 0 aliphatic carbocycles. The second-order valence-corrected chi connectivity index (χ2v) is 9.79. The van der Waals surface area contributed by atoms with Crippen molar-refractivity contribution >= 4 is 33.3 Å². The van der Waals surface area contributed by atoms with Crippen LogP contribution in [0.4, 0.5) is 16.3 Å². The van der Waals surface area contributed by atoms with Gasteiger partial charge in [0.2, 0.25) is 5.91 Å². The van der Waals surface area contributed by atoms with Crippen LogP contribution in [-0.4, -0.2) is 76.0 Å².